The van der Waals surface area contributed by atoms with E-state index >= 15 is 0 Å². The molecule has 0 aliphatic rings. The molecular weight excluding hydrogens is 490 g/mol. The van der Waals surface area contributed by atoms with Crippen LogP contribution in [0.2, 0.25) is 0 Å². The van der Waals surface area contributed by atoms with E-state index in [2.05, 4.69) is 0 Å². The number of methoxy groups -OCH3 is 1. The molecule has 0 aliphatic carbocycles. The quantitative estimate of drug-likeness (QED) is 0.202. The maximum Gasteiger partial charge on any atom is 0.311 e. The molecule has 0 atom stereocenters. The zero-order valence-corrected chi connectivity index (χ0v) is 20.1. The van der Waals surface area contributed by atoms with Crippen LogP contribution in [0.4, 0.5) is 5.69 Å². The van der Waals surface area contributed by atoms with E-state index in [1.54, 1.807) is 55.5 Å². The van der Waals surface area contributed by atoms with Crippen LogP contribution in [0.25, 0.3) is 43.7 Å². The van der Waals surface area contributed by atoms with Crippen molar-refractivity contribution < 1.29 is 19.9 Å². The van der Waals surface area contributed by atoms with E-state index in [0.717, 1.165) is 4.57 Å². The van der Waals surface area contributed by atoms with Crippen LogP contribution in [-0.4, -0.2) is 31.4 Å². The van der Waals surface area contributed by atoms with Crippen LogP contribution in [0.15, 0.2) is 76.3 Å². The number of aromatic hydroxyl groups is 2. The van der Waals surface area contributed by atoms with Crippen molar-refractivity contribution in [2.75, 3.05) is 7.11 Å². The highest BCUT2D eigenvalue weighted by Crippen LogP contribution is 2.41. The molecule has 2 aromatic heterocycles. The molecule has 2 heterocycles. The Morgan fingerprint density at radius 3 is 1.87 bits per heavy atom. The summed E-state index contributed by atoms with van der Waals surface area (Å²) in [5.41, 5.74) is -0.302. The third-order valence-corrected chi connectivity index (χ3v) is 6.88. The Morgan fingerprint density at radius 1 is 0.789 bits per heavy atom. The maximum absolute atomic E-state index is 13.8. The Balaban J connectivity index is 1.74. The molecule has 6 rings (SSSR count). The van der Waals surface area contributed by atoms with Gasteiger partial charge in [0.15, 0.2) is 5.75 Å². The van der Waals surface area contributed by atoms with Gasteiger partial charge in [-0.05, 0) is 48.9 Å². The number of para-hydroxylation sites is 1. The second-order valence-corrected chi connectivity index (χ2v) is 8.90. The minimum atomic E-state index is -0.602. The number of nitrogens with zero attached hydrogens (tertiary/aromatic N) is 3. The monoisotopic (exact) mass is 509 g/mol. The normalized spacial score (nSPS) is 11.5. The lowest BCUT2D eigenvalue weighted by molar-refractivity contribution is -0.385. The summed E-state index contributed by atoms with van der Waals surface area (Å²) in [6, 6.07) is 17.5. The van der Waals surface area contributed by atoms with Crippen LogP contribution in [0.3, 0.4) is 0 Å². The van der Waals surface area contributed by atoms with E-state index in [1.165, 1.54) is 29.9 Å². The van der Waals surface area contributed by atoms with Gasteiger partial charge in [-0.15, -0.1) is 0 Å². The fourth-order valence-electron chi connectivity index (χ4n) is 5.15. The van der Waals surface area contributed by atoms with E-state index in [-0.39, 0.29) is 39.2 Å². The Kier molecular flexibility index (Phi) is 4.89. The number of aryl methyl sites for hydroxylation is 1. The summed E-state index contributed by atoms with van der Waals surface area (Å²) in [6.45, 7) is 1.59. The minimum absolute atomic E-state index is 0.0710. The summed E-state index contributed by atoms with van der Waals surface area (Å²) in [5.74, 6) is -0.774. The van der Waals surface area contributed by atoms with E-state index < -0.39 is 21.9 Å². The molecule has 0 bridgehead atoms. The van der Waals surface area contributed by atoms with Gasteiger partial charge >= 0.3 is 5.69 Å². The molecule has 38 heavy (non-hydrogen) atoms. The van der Waals surface area contributed by atoms with Crippen molar-refractivity contribution in [1.82, 2.24) is 9.13 Å². The average molecular weight is 509 g/mol. The number of nitro groups is 1. The summed E-state index contributed by atoms with van der Waals surface area (Å²) >= 11 is 0. The van der Waals surface area contributed by atoms with Crippen molar-refractivity contribution in [2.24, 2.45) is 0 Å². The van der Waals surface area contributed by atoms with E-state index in [4.69, 9.17) is 4.74 Å². The predicted molar refractivity (Wildman–Crippen MR) is 143 cm³/mol. The highest BCUT2D eigenvalue weighted by Gasteiger charge is 2.25. The van der Waals surface area contributed by atoms with Gasteiger partial charge in [0.25, 0.3) is 11.1 Å². The molecule has 0 radical (unpaired) electrons. The highest BCUT2D eigenvalue weighted by molar-refractivity contribution is 6.24. The maximum atomic E-state index is 13.8. The first-order valence-corrected chi connectivity index (χ1v) is 11.5. The molecule has 0 spiro atoms. The number of hydrogen-bond donors (Lipinski definition) is 2. The number of hydrogen-bond acceptors (Lipinski definition) is 7. The largest absolute Gasteiger partial charge is 0.494 e. The average Bonchev–Trinajstić information content (AvgIpc) is 2.91. The minimum Gasteiger partial charge on any atom is -0.494 e. The first-order chi connectivity index (χ1) is 18.2. The van der Waals surface area contributed by atoms with Gasteiger partial charge in [0.2, 0.25) is 11.8 Å². The van der Waals surface area contributed by atoms with Crippen molar-refractivity contribution in [3.05, 3.63) is 103 Å². The summed E-state index contributed by atoms with van der Waals surface area (Å²) in [6.07, 6.45) is 0. The number of aromatic nitrogens is 2. The van der Waals surface area contributed by atoms with Gasteiger partial charge in [-0.25, -0.2) is 9.13 Å². The molecule has 0 unspecified atom stereocenters. The van der Waals surface area contributed by atoms with Crippen molar-refractivity contribution in [1.29, 1.82) is 0 Å². The molecule has 0 aliphatic heterocycles. The van der Waals surface area contributed by atoms with E-state index in [0.29, 0.717) is 27.4 Å². The Hall–Kier alpha value is -5.38. The molecule has 0 fully saturated rings. The predicted octanol–water partition coefficient (Wildman–Crippen LogP) is 4.52. The number of pyridine rings is 2. The fourth-order valence-corrected chi connectivity index (χ4v) is 5.15. The van der Waals surface area contributed by atoms with Crippen molar-refractivity contribution in [2.45, 2.75) is 6.92 Å². The van der Waals surface area contributed by atoms with Crippen LogP contribution in [0, 0.1) is 17.0 Å². The van der Waals surface area contributed by atoms with Crippen LogP contribution >= 0.6 is 0 Å². The molecule has 0 amide bonds. The summed E-state index contributed by atoms with van der Waals surface area (Å²) in [5, 5.41) is 35.7. The van der Waals surface area contributed by atoms with Crippen molar-refractivity contribution in [3.8, 4) is 28.9 Å². The topological polar surface area (TPSA) is 137 Å². The number of benzene rings is 4. The zero-order valence-electron chi connectivity index (χ0n) is 20.1. The van der Waals surface area contributed by atoms with Gasteiger partial charge in [-0.3, -0.25) is 19.7 Å². The number of nitro benzene ring substituents is 1. The zero-order chi connectivity index (χ0) is 26.9. The molecule has 0 saturated heterocycles. The van der Waals surface area contributed by atoms with Crippen LogP contribution in [0.1, 0.15) is 5.56 Å². The summed E-state index contributed by atoms with van der Waals surface area (Å²) < 4.78 is 7.43. The smallest absolute Gasteiger partial charge is 0.311 e. The summed E-state index contributed by atoms with van der Waals surface area (Å²) in [7, 11) is 1.28. The second kappa shape index (κ2) is 8.07. The fraction of sp³-hybridized carbons (Fsp3) is 0.0714. The van der Waals surface area contributed by atoms with Crippen LogP contribution in [0.5, 0.6) is 17.5 Å². The van der Waals surface area contributed by atoms with Crippen LogP contribution in [-0.2, 0) is 0 Å². The first-order valence-electron chi connectivity index (χ1n) is 11.5. The number of rotatable bonds is 4. The SMILES string of the molecule is COc1cc(-n2c(O)c3ccc4c(=O)n(-c5ccccc5)c(O)c5ccc(c2=O)c3c54)c(C)cc1[N+](=O)[O-]. The van der Waals surface area contributed by atoms with E-state index in [1.807, 2.05) is 0 Å². The Labute approximate surface area is 213 Å². The Bertz CT molecular complexity index is 2060. The molecule has 10 heteroatoms. The lowest BCUT2D eigenvalue weighted by atomic mass is 9.96. The first kappa shape index (κ1) is 23.0. The molecule has 2 N–H and O–H groups in total. The third kappa shape index (κ3) is 3.00. The van der Waals surface area contributed by atoms with Gasteiger partial charge in [-0.1, -0.05) is 18.2 Å². The van der Waals surface area contributed by atoms with Gasteiger partial charge in [0.1, 0.15) is 0 Å². The second-order valence-electron chi connectivity index (χ2n) is 8.90. The highest BCUT2D eigenvalue weighted by atomic mass is 16.6. The number of ether oxygens (including phenoxy) is 1. The lowest BCUT2D eigenvalue weighted by Gasteiger charge is -2.19. The van der Waals surface area contributed by atoms with Crippen molar-refractivity contribution >= 4 is 38.0 Å². The Morgan fingerprint density at radius 2 is 1.32 bits per heavy atom. The lowest BCUT2D eigenvalue weighted by Crippen LogP contribution is -2.22. The third-order valence-electron chi connectivity index (χ3n) is 6.88. The molecule has 0 saturated carbocycles. The molecule has 4 aromatic carbocycles. The van der Waals surface area contributed by atoms with Gasteiger partial charge < -0.3 is 14.9 Å². The van der Waals surface area contributed by atoms with E-state index in [9.17, 15) is 29.9 Å². The van der Waals surface area contributed by atoms with Crippen molar-refractivity contribution in [3.63, 3.8) is 0 Å². The standard InChI is InChI=1S/C28H19N3O7/c1-14-12-21(31(36)37)22(38-2)13-20(14)30-27(34)18-10-8-16-23-17(9-11-19(24(18)23)28(30)35)26(33)29(25(16)32)15-6-4-3-5-7-15/h3-13,32,35H,1-2H3. The summed E-state index contributed by atoms with van der Waals surface area (Å²) in [4.78, 5) is 38.1. The molecule has 6 aromatic rings. The van der Waals surface area contributed by atoms with Gasteiger partial charge in [0, 0.05) is 44.5 Å². The molecule has 188 valence electrons. The van der Waals surface area contributed by atoms with Gasteiger partial charge in [-0.2, -0.15) is 0 Å². The molecule has 10 nitrogen and oxygen atoms in total. The van der Waals surface area contributed by atoms with Gasteiger partial charge in [0.05, 0.1) is 23.4 Å². The van der Waals surface area contributed by atoms with Crippen LogP contribution < -0.4 is 15.9 Å². The molecular formula is C28H19N3O7.